The summed E-state index contributed by atoms with van der Waals surface area (Å²) in [6, 6.07) is 7.85. The van der Waals surface area contributed by atoms with Crippen LogP contribution in [0.1, 0.15) is 47.8 Å². The lowest BCUT2D eigenvalue weighted by Crippen LogP contribution is -2.28. The third kappa shape index (κ3) is 6.50. The molecule has 2 aromatic rings. The van der Waals surface area contributed by atoms with Crippen molar-refractivity contribution in [1.82, 2.24) is 15.3 Å². The number of anilines is 2. The molecule has 0 saturated heterocycles. The number of benzene rings is 1. The van der Waals surface area contributed by atoms with Crippen LogP contribution in [0.3, 0.4) is 0 Å². The normalized spacial score (nSPS) is 13.3. The Bertz CT molecular complexity index is 838. The number of aromatic nitrogens is 2. The van der Waals surface area contributed by atoms with Gasteiger partial charge in [-0.25, -0.2) is 9.97 Å². The lowest BCUT2D eigenvalue weighted by molar-refractivity contribution is 0.102. The van der Waals surface area contributed by atoms with Gasteiger partial charge in [-0.2, -0.15) is 0 Å². The summed E-state index contributed by atoms with van der Waals surface area (Å²) in [6.45, 7) is 8.36. The Morgan fingerprint density at radius 3 is 2.80 bits per heavy atom. The molecule has 0 radical (unpaired) electrons. The van der Waals surface area contributed by atoms with Crippen molar-refractivity contribution in [3.63, 3.8) is 0 Å². The smallest absolute Gasteiger partial charge is 0.274 e. The zero-order valence-corrected chi connectivity index (χ0v) is 18.3. The molecule has 1 amide bonds. The van der Waals surface area contributed by atoms with Crippen LogP contribution in [0.5, 0.6) is 0 Å². The van der Waals surface area contributed by atoms with E-state index in [0.29, 0.717) is 12.3 Å². The average Bonchev–Trinajstić information content (AvgIpc) is 3.57. The maximum absolute atomic E-state index is 12.8. The first-order valence-corrected chi connectivity index (χ1v) is 10.8. The fraction of sp³-hybridized carbons (Fsp3) is 0.522. The molecule has 0 spiro atoms. The second kappa shape index (κ2) is 11.0. The highest BCUT2D eigenvalue weighted by Crippen LogP contribution is 2.31. The molecule has 1 aliphatic rings. The van der Waals surface area contributed by atoms with Crippen molar-refractivity contribution < 1.29 is 9.53 Å². The lowest BCUT2D eigenvalue weighted by atomic mass is 10.1. The zero-order chi connectivity index (χ0) is 21.3. The number of rotatable bonds is 12. The highest BCUT2D eigenvalue weighted by molar-refractivity contribution is 6.03. The Morgan fingerprint density at radius 2 is 2.10 bits per heavy atom. The van der Waals surface area contributed by atoms with Crippen molar-refractivity contribution >= 4 is 17.4 Å². The maximum Gasteiger partial charge on any atom is 0.274 e. The van der Waals surface area contributed by atoms with Crippen LogP contribution in [0.25, 0.3) is 0 Å². The van der Waals surface area contributed by atoms with Gasteiger partial charge in [-0.1, -0.05) is 19.1 Å². The van der Waals surface area contributed by atoms with Crippen molar-refractivity contribution in [2.75, 3.05) is 43.6 Å². The van der Waals surface area contributed by atoms with E-state index in [-0.39, 0.29) is 5.91 Å². The zero-order valence-electron chi connectivity index (χ0n) is 18.3. The molecule has 1 aliphatic carbocycles. The van der Waals surface area contributed by atoms with E-state index in [9.17, 15) is 4.79 Å². The lowest BCUT2D eigenvalue weighted by Gasteiger charge is -2.23. The van der Waals surface area contributed by atoms with Crippen molar-refractivity contribution in [2.45, 2.75) is 39.7 Å². The Balaban J connectivity index is 1.63. The van der Waals surface area contributed by atoms with Gasteiger partial charge >= 0.3 is 0 Å². The van der Waals surface area contributed by atoms with Gasteiger partial charge in [0.2, 0.25) is 0 Å². The van der Waals surface area contributed by atoms with Crippen LogP contribution in [0.2, 0.25) is 0 Å². The molecule has 1 aromatic carbocycles. The van der Waals surface area contributed by atoms with Crippen LogP contribution in [0.15, 0.2) is 30.6 Å². The largest absolute Gasteiger partial charge is 0.383 e. The first kappa shape index (κ1) is 22.2. The van der Waals surface area contributed by atoms with Gasteiger partial charge in [0.05, 0.1) is 6.61 Å². The summed E-state index contributed by atoms with van der Waals surface area (Å²) in [4.78, 5) is 23.7. The van der Waals surface area contributed by atoms with Gasteiger partial charge in [-0.15, -0.1) is 0 Å². The van der Waals surface area contributed by atoms with E-state index in [0.717, 1.165) is 55.6 Å². The quantitative estimate of drug-likeness (QED) is 0.521. The van der Waals surface area contributed by atoms with Crippen molar-refractivity contribution in [3.05, 3.63) is 47.4 Å². The van der Waals surface area contributed by atoms with Crippen LogP contribution >= 0.6 is 0 Å². The minimum Gasteiger partial charge on any atom is -0.383 e. The van der Waals surface area contributed by atoms with Crippen LogP contribution in [-0.2, 0) is 11.3 Å². The van der Waals surface area contributed by atoms with Gasteiger partial charge < -0.3 is 20.3 Å². The van der Waals surface area contributed by atoms with E-state index < -0.39 is 0 Å². The van der Waals surface area contributed by atoms with Crippen molar-refractivity contribution in [2.24, 2.45) is 5.92 Å². The summed E-state index contributed by atoms with van der Waals surface area (Å²) in [5.41, 5.74) is 3.37. The second-order valence-corrected chi connectivity index (χ2v) is 7.92. The van der Waals surface area contributed by atoms with Gasteiger partial charge in [0.25, 0.3) is 5.91 Å². The van der Waals surface area contributed by atoms with Crippen LogP contribution in [-0.4, -0.2) is 49.2 Å². The molecule has 3 rings (SSSR count). The van der Waals surface area contributed by atoms with E-state index in [2.05, 4.69) is 38.5 Å². The number of ether oxygens (including phenoxy) is 1. The summed E-state index contributed by atoms with van der Waals surface area (Å²) in [7, 11) is 1.69. The number of methoxy groups -OCH3 is 1. The van der Waals surface area contributed by atoms with Crippen LogP contribution in [0, 0.1) is 12.8 Å². The molecule has 7 heteroatoms. The third-order valence-corrected chi connectivity index (χ3v) is 5.23. The molecule has 1 saturated carbocycles. The fourth-order valence-electron chi connectivity index (χ4n) is 3.39. The predicted molar refractivity (Wildman–Crippen MR) is 120 cm³/mol. The van der Waals surface area contributed by atoms with Gasteiger partial charge in [0.15, 0.2) is 0 Å². The Morgan fingerprint density at radius 1 is 1.27 bits per heavy atom. The molecular formula is C23H33N5O2. The Kier molecular flexibility index (Phi) is 8.16. The maximum atomic E-state index is 12.8. The molecule has 1 aromatic heterocycles. The first-order chi connectivity index (χ1) is 14.6. The highest BCUT2D eigenvalue weighted by atomic mass is 16.5. The van der Waals surface area contributed by atoms with E-state index in [1.54, 1.807) is 13.2 Å². The summed E-state index contributed by atoms with van der Waals surface area (Å²) < 4.78 is 5.04. The number of amides is 1. The molecule has 30 heavy (non-hydrogen) atoms. The molecule has 162 valence electrons. The third-order valence-electron chi connectivity index (χ3n) is 5.23. The molecule has 1 fully saturated rings. The molecule has 0 atom stereocenters. The van der Waals surface area contributed by atoms with Crippen LogP contribution < -0.4 is 15.5 Å². The number of carbonyl (C=O) groups excluding carboxylic acids is 1. The highest BCUT2D eigenvalue weighted by Gasteiger charge is 2.25. The summed E-state index contributed by atoms with van der Waals surface area (Å²) in [6.07, 6.45) is 5.11. The summed E-state index contributed by atoms with van der Waals surface area (Å²) in [5, 5.41) is 6.32. The number of nitrogens with one attached hydrogen (secondary N) is 2. The van der Waals surface area contributed by atoms with Gasteiger partial charge in [0, 0.05) is 45.0 Å². The average molecular weight is 412 g/mol. The fourth-order valence-corrected chi connectivity index (χ4v) is 3.39. The first-order valence-electron chi connectivity index (χ1n) is 10.8. The minimum absolute atomic E-state index is 0.212. The topological polar surface area (TPSA) is 79.4 Å². The summed E-state index contributed by atoms with van der Waals surface area (Å²) >= 11 is 0. The number of carbonyl (C=O) groups is 1. The van der Waals surface area contributed by atoms with Gasteiger partial charge in [-0.3, -0.25) is 4.79 Å². The molecule has 2 N–H and O–H groups in total. The van der Waals surface area contributed by atoms with Gasteiger partial charge in [0.1, 0.15) is 17.8 Å². The van der Waals surface area contributed by atoms with Crippen molar-refractivity contribution in [3.8, 4) is 0 Å². The number of hydrogen-bond acceptors (Lipinski definition) is 6. The Labute approximate surface area is 179 Å². The van der Waals surface area contributed by atoms with E-state index in [1.165, 1.54) is 24.7 Å². The number of aryl methyl sites for hydroxylation is 1. The Hall–Kier alpha value is -2.51. The summed E-state index contributed by atoms with van der Waals surface area (Å²) in [5.74, 6) is 1.38. The molecule has 0 aliphatic heterocycles. The predicted octanol–water partition coefficient (Wildman–Crippen LogP) is 3.40. The molecule has 7 nitrogen and oxygen atoms in total. The standard InChI is InChI=1S/C23H33N5O2/c1-4-10-28(15-18-5-6-18)22-13-21(25-16-26-22)23(29)27-20-8-7-19(12-17(20)2)14-24-9-11-30-3/h7-8,12-13,16,18,24H,4-6,9-11,14-15H2,1-3H3,(H,27,29). The van der Waals surface area contributed by atoms with Crippen molar-refractivity contribution in [1.29, 1.82) is 0 Å². The molecule has 1 heterocycles. The second-order valence-electron chi connectivity index (χ2n) is 7.92. The SMILES string of the molecule is CCCN(CC1CC1)c1cc(C(=O)Nc2ccc(CNCCOC)cc2C)ncn1. The molecule has 0 bridgehead atoms. The minimum atomic E-state index is -0.212. The molecular weight excluding hydrogens is 378 g/mol. The monoisotopic (exact) mass is 411 g/mol. The van der Waals surface area contributed by atoms with Gasteiger partial charge in [-0.05, 0) is 49.3 Å². The number of hydrogen-bond donors (Lipinski definition) is 2. The van der Waals surface area contributed by atoms with Crippen LogP contribution in [0.4, 0.5) is 11.5 Å². The van der Waals surface area contributed by atoms with E-state index >= 15 is 0 Å². The molecule has 0 unspecified atom stereocenters. The van der Waals surface area contributed by atoms with E-state index in [1.807, 2.05) is 19.1 Å². The number of nitrogens with zero attached hydrogens (tertiary/aromatic N) is 3. The van der Waals surface area contributed by atoms with E-state index in [4.69, 9.17) is 4.74 Å².